The van der Waals surface area contributed by atoms with Gasteiger partial charge in [0, 0.05) is 5.69 Å². The number of esters is 1. The van der Waals surface area contributed by atoms with E-state index in [2.05, 4.69) is 15.3 Å². The minimum Gasteiger partial charge on any atom is -0.462 e. The molecule has 0 aliphatic carbocycles. The lowest BCUT2D eigenvalue weighted by Gasteiger charge is -2.09. The molecule has 0 bridgehead atoms. The summed E-state index contributed by atoms with van der Waals surface area (Å²) in [5.74, 6) is 0.289. The average Bonchev–Trinajstić information content (AvgIpc) is 2.60. The van der Waals surface area contributed by atoms with Crippen molar-refractivity contribution in [2.45, 2.75) is 13.8 Å². The number of hydrogen-bond donors (Lipinski definition) is 2. The number of ether oxygens (including phenoxy) is 1. The zero-order valence-electron chi connectivity index (χ0n) is 14.1. The molecule has 0 aliphatic heterocycles. The van der Waals surface area contributed by atoms with Gasteiger partial charge >= 0.3 is 5.97 Å². The van der Waals surface area contributed by atoms with E-state index in [0.29, 0.717) is 40.6 Å². The Labute approximate surface area is 144 Å². The molecule has 1 heterocycles. The number of fused-ring (bicyclic) bond motifs is 1. The Morgan fingerprint density at radius 3 is 2.60 bits per heavy atom. The number of benzene rings is 2. The van der Waals surface area contributed by atoms with E-state index in [1.54, 1.807) is 42.5 Å². The SMILES string of the molecule is CC(C)COC(=O)c1ccc(Nc2nc3ccccc3c(=O)[nH]2)cc1. The van der Waals surface area contributed by atoms with Gasteiger partial charge in [0.15, 0.2) is 0 Å². The van der Waals surface area contributed by atoms with Crippen LogP contribution >= 0.6 is 0 Å². The van der Waals surface area contributed by atoms with E-state index in [1.165, 1.54) is 0 Å². The zero-order chi connectivity index (χ0) is 17.8. The number of nitrogens with one attached hydrogen (secondary N) is 2. The fourth-order valence-corrected chi connectivity index (χ4v) is 2.30. The van der Waals surface area contributed by atoms with Crippen molar-refractivity contribution in [1.29, 1.82) is 0 Å². The van der Waals surface area contributed by atoms with Gasteiger partial charge in [-0.15, -0.1) is 0 Å². The summed E-state index contributed by atoms with van der Waals surface area (Å²) in [6.45, 7) is 4.36. The summed E-state index contributed by atoms with van der Waals surface area (Å²) in [6, 6.07) is 13.9. The smallest absolute Gasteiger partial charge is 0.338 e. The number of hydrogen-bond acceptors (Lipinski definition) is 5. The van der Waals surface area contributed by atoms with Gasteiger partial charge in [-0.3, -0.25) is 9.78 Å². The van der Waals surface area contributed by atoms with Crippen molar-refractivity contribution >= 4 is 28.5 Å². The molecular weight excluding hydrogens is 318 g/mol. The van der Waals surface area contributed by atoms with Crippen molar-refractivity contribution in [3.05, 3.63) is 64.4 Å². The number of aromatic amines is 1. The number of para-hydroxylation sites is 1. The highest BCUT2D eigenvalue weighted by Crippen LogP contribution is 2.16. The van der Waals surface area contributed by atoms with Gasteiger partial charge < -0.3 is 10.1 Å². The van der Waals surface area contributed by atoms with Crippen molar-refractivity contribution < 1.29 is 9.53 Å². The molecule has 0 amide bonds. The van der Waals surface area contributed by atoms with Crippen LogP contribution < -0.4 is 10.9 Å². The minimum absolute atomic E-state index is 0.206. The number of carbonyl (C=O) groups excluding carboxylic acids is 1. The zero-order valence-corrected chi connectivity index (χ0v) is 14.1. The number of aromatic nitrogens is 2. The van der Waals surface area contributed by atoms with Crippen LogP contribution in [0.1, 0.15) is 24.2 Å². The maximum atomic E-state index is 12.1. The van der Waals surface area contributed by atoms with Crippen molar-refractivity contribution in [2.75, 3.05) is 11.9 Å². The van der Waals surface area contributed by atoms with E-state index >= 15 is 0 Å². The summed E-state index contributed by atoms with van der Waals surface area (Å²) in [5.41, 5.74) is 1.59. The second kappa shape index (κ2) is 7.17. The lowest BCUT2D eigenvalue weighted by Crippen LogP contribution is -2.11. The second-order valence-corrected chi connectivity index (χ2v) is 6.13. The molecular formula is C19H19N3O3. The number of nitrogens with zero attached hydrogens (tertiary/aromatic N) is 1. The molecule has 0 aliphatic rings. The van der Waals surface area contributed by atoms with Crippen LogP contribution in [0.4, 0.5) is 11.6 Å². The maximum absolute atomic E-state index is 12.1. The van der Waals surface area contributed by atoms with Gasteiger partial charge in [0.25, 0.3) is 5.56 Å². The Morgan fingerprint density at radius 2 is 1.88 bits per heavy atom. The van der Waals surface area contributed by atoms with E-state index < -0.39 is 0 Å². The molecule has 128 valence electrons. The summed E-state index contributed by atoms with van der Waals surface area (Å²) in [5, 5.41) is 3.57. The molecule has 6 heteroatoms. The maximum Gasteiger partial charge on any atom is 0.338 e. The molecule has 2 aromatic carbocycles. The lowest BCUT2D eigenvalue weighted by atomic mass is 10.2. The van der Waals surface area contributed by atoms with Crippen LogP contribution in [0.15, 0.2) is 53.3 Å². The highest BCUT2D eigenvalue weighted by Gasteiger charge is 2.08. The van der Waals surface area contributed by atoms with Gasteiger partial charge in [0.05, 0.1) is 23.1 Å². The highest BCUT2D eigenvalue weighted by atomic mass is 16.5. The number of rotatable bonds is 5. The van der Waals surface area contributed by atoms with E-state index in [9.17, 15) is 9.59 Å². The van der Waals surface area contributed by atoms with Gasteiger partial charge in [-0.25, -0.2) is 9.78 Å². The van der Waals surface area contributed by atoms with Crippen molar-refractivity contribution in [1.82, 2.24) is 9.97 Å². The summed E-state index contributed by atoms with van der Waals surface area (Å²) >= 11 is 0. The molecule has 3 rings (SSSR count). The molecule has 0 spiro atoms. The topological polar surface area (TPSA) is 84.1 Å². The monoisotopic (exact) mass is 337 g/mol. The minimum atomic E-state index is -0.350. The van der Waals surface area contributed by atoms with E-state index in [1.807, 2.05) is 19.9 Å². The van der Waals surface area contributed by atoms with E-state index in [-0.39, 0.29) is 11.5 Å². The summed E-state index contributed by atoms with van der Waals surface area (Å²) < 4.78 is 5.19. The number of anilines is 2. The molecule has 0 atom stereocenters. The first kappa shape index (κ1) is 16.7. The Kier molecular flexibility index (Phi) is 4.79. The van der Waals surface area contributed by atoms with Gasteiger partial charge in [-0.1, -0.05) is 26.0 Å². The standard InChI is InChI=1S/C19H19N3O3/c1-12(2)11-25-18(24)13-7-9-14(10-8-13)20-19-21-16-6-4-3-5-15(16)17(23)22-19/h3-10,12H,11H2,1-2H3,(H2,20,21,22,23). The summed E-state index contributed by atoms with van der Waals surface area (Å²) in [6.07, 6.45) is 0. The first-order valence-corrected chi connectivity index (χ1v) is 8.06. The molecule has 25 heavy (non-hydrogen) atoms. The van der Waals surface area contributed by atoms with Crippen LogP contribution in [0, 0.1) is 5.92 Å². The molecule has 6 nitrogen and oxygen atoms in total. The Bertz CT molecular complexity index is 946. The Hall–Kier alpha value is -3.15. The molecule has 0 unspecified atom stereocenters. The Morgan fingerprint density at radius 1 is 1.16 bits per heavy atom. The molecule has 1 aromatic heterocycles. The van der Waals surface area contributed by atoms with Crippen molar-refractivity contribution in [3.63, 3.8) is 0 Å². The molecule has 3 aromatic rings. The fraction of sp³-hybridized carbons (Fsp3) is 0.211. The van der Waals surface area contributed by atoms with Gasteiger partial charge in [0.1, 0.15) is 0 Å². The average molecular weight is 337 g/mol. The first-order chi connectivity index (χ1) is 12.0. The highest BCUT2D eigenvalue weighted by molar-refractivity contribution is 5.90. The molecule has 2 N–H and O–H groups in total. The Balaban J connectivity index is 1.75. The predicted molar refractivity (Wildman–Crippen MR) is 97.2 cm³/mol. The van der Waals surface area contributed by atoms with Crippen LogP contribution in [-0.4, -0.2) is 22.5 Å². The van der Waals surface area contributed by atoms with Gasteiger partial charge in [-0.2, -0.15) is 0 Å². The van der Waals surface area contributed by atoms with Crippen LogP contribution in [0.25, 0.3) is 10.9 Å². The predicted octanol–water partition coefficient (Wildman–Crippen LogP) is 3.48. The first-order valence-electron chi connectivity index (χ1n) is 8.06. The van der Waals surface area contributed by atoms with E-state index in [0.717, 1.165) is 0 Å². The number of H-pyrrole nitrogens is 1. The van der Waals surface area contributed by atoms with E-state index in [4.69, 9.17) is 4.74 Å². The van der Waals surface area contributed by atoms with Gasteiger partial charge in [-0.05, 0) is 42.3 Å². The third-order valence-corrected chi connectivity index (χ3v) is 3.54. The largest absolute Gasteiger partial charge is 0.462 e. The van der Waals surface area contributed by atoms with Crippen LogP contribution in [0.3, 0.4) is 0 Å². The molecule has 0 saturated carbocycles. The quantitative estimate of drug-likeness (QED) is 0.696. The second-order valence-electron chi connectivity index (χ2n) is 6.13. The van der Waals surface area contributed by atoms with Crippen LogP contribution in [0.5, 0.6) is 0 Å². The number of carbonyl (C=O) groups is 1. The lowest BCUT2D eigenvalue weighted by molar-refractivity contribution is 0.0459. The summed E-state index contributed by atoms with van der Waals surface area (Å²) in [7, 11) is 0. The third kappa shape index (κ3) is 4.03. The summed E-state index contributed by atoms with van der Waals surface area (Å²) in [4.78, 5) is 31.0. The van der Waals surface area contributed by atoms with Gasteiger partial charge in [0.2, 0.25) is 5.95 Å². The third-order valence-electron chi connectivity index (χ3n) is 3.54. The van der Waals surface area contributed by atoms with Crippen molar-refractivity contribution in [3.8, 4) is 0 Å². The molecule has 0 fully saturated rings. The van der Waals surface area contributed by atoms with Crippen LogP contribution in [-0.2, 0) is 4.74 Å². The fourth-order valence-electron chi connectivity index (χ4n) is 2.30. The molecule has 0 radical (unpaired) electrons. The molecule has 0 saturated heterocycles. The van der Waals surface area contributed by atoms with Crippen LogP contribution in [0.2, 0.25) is 0 Å². The van der Waals surface area contributed by atoms with Crippen molar-refractivity contribution in [2.24, 2.45) is 5.92 Å². The normalized spacial score (nSPS) is 10.8.